The summed E-state index contributed by atoms with van der Waals surface area (Å²) in [5, 5.41) is 0. The van der Waals surface area contributed by atoms with E-state index in [0.717, 1.165) is 12.0 Å². The van der Waals surface area contributed by atoms with Gasteiger partial charge in [0.1, 0.15) is 0 Å². The van der Waals surface area contributed by atoms with Crippen molar-refractivity contribution in [1.29, 1.82) is 0 Å². The van der Waals surface area contributed by atoms with Gasteiger partial charge in [-0.2, -0.15) is 0 Å². The van der Waals surface area contributed by atoms with Crippen LogP contribution in [0.4, 0.5) is 0 Å². The van der Waals surface area contributed by atoms with Crippen LogP contribution in [0.1, 0.15) is 11.1 Å². The van der Waals surface area contributed by atoms with E-state index in [2.05, 4.69) is 4.98 Å². The third-order valence-electron chi connectivity index (χ3n) is 3.48. The van der Waals surface area contributed by atoms with E-state index in [-0.39, 0.29) is 30.7 Å². The standard InChI is InChI=1S/C17H21N3O.2ClH/c1-20(12-9-14-7-10-19-11-8-14)17(21)16(18)13-15-5-3-2-4-6-15;;/h2-8,10-11,16H,9,12-13,18H2,1H3;2*1H/t16-;;/m0../s1. The first kappa shape index (κ1) is 21.4. The van der Waals surface area contributed by atoms with Crippen molar-refractivity contribution >= 4 is 30.7 Å². The fourth-order valence-corrected chi connectivity index (χ4v) is 2.19. The molecule has 6 heteroatoms. The Kier molecular flexibility index (Phi) is 10.2. The minimum Gasteiger partial charge on any atom is -0.344 e. The molecule has 0 saturated heterocycles. The Morgan fingerprint density at radius 1 is 1.09 bits per heavy atom. The van der Waals surface area contributed by atoms with Crippen LogP contribution >= 0.6 is 24.8 Å². The number of carbonyl (C=O) groups excluding carboxylic acids is 1. The van der Waals surface area contributed by atoms with Crippen molar-refractivity contribution in [2.45, 2.75) is 18.9 Å². The Hall–Kier alpha value is -1.62. The van der Waals surface area contributed by atoms with Gasteiger partial charge in [0.15, 0.2) is 0 Å². The molecular weight excluding hydrogens is 333 g/mol. The molecule has 1 heterocycles. The van der Waals surface area contributed by atoms with Crippen LogP contribution in [0.3, 0.4) is 0 Å². The van der Waals surface area contributed by atoms with Gasteiger partial charge in [-0.1, -0.05) is 30.3 Å². The lowest BCUT2D eigenvalue weighted by Crippen LogP contribution is -2.43. The molecule has 0 aliphatic heterocycles. The first-order valence-electron chi connectivity index (χ1n) is 7.10. The molecule has 2 N–H and O–H groups in total. The molecule has 0 saturated carbocycles. The summed E-state index contributed by atoms with van der Waals surface area (Å²) in [6.45, 7) is 0.658. The van der Waals surface area contributed by atoms with Crippen molar-refractivity contribution in [2.75, 3.05) is 13.6 Å². The van der Waals surface area contributed by atoms with E-state index in [9.17, 15) is 4.79 Å². The van der Waals surface area contributed by atoms with Gasteiger partial charge in [0.05, 0.1) is 6.04 Å². The molecule has 0 spiro atoms. The van der Waals surface area contributed by atoms with Gasteiger partial charge in [-0.05, 0) is 36.1 Å². The fourth-order valence-electron chi connectivity index (χ4n) is 2.19. The van der Waals surface area contributed by atoms with Gasteiger partial charge in [0.25, 0.3) is 0 Å². The number of nitrogens with two attached hydrogens (primary N) is 1. The first-order valence-corrected chi connectivity index (χ1v) is 7.10. The van der Waals surface area contributed by atoms with E-state index >= 15 is 0 Å². The van der Waals surface area contributed by atoms with E-state index in [1.807, 2.05) is 42.5 Å². The van der Waals surface area contributed by atoms with Gasteiger partial charge in [-0.3, -0.25) is 9.78 Å². The molecule has 0 bridgehead atoms. The topological polar surface area (TPSA) is 59.2 Å². The maximum atomic E-state index is 12.3. The lowest BCUT2D eigenvalue weighted by atomic mass is 10.1. The zero-order chi connectivity index (χ0) is 15.1. The molecular formula is C17H23Cl2N3O. The maximum Gasteiger partial charge on any atom is 0.239 e. The van der Waals surface area contributed by atoms with Crippen molar-refractivity contribution in [3.63, 3.8) is 0 Å². The second kappa shape index (κ2) is 11.0. The fraction of sp³-hybridized carbons (Fsp3) is 0.294. The average molecular weight is 356 g/mol. The zero-order valence-corrected chi connectivity index (χ0v) is 14.7. The number of amides is 1. The predicted molar refractivity (Wildman–Crippen MR) is 98.2 cm³/mol. The molecule has 0 aliphatic carbocycles. The Labute approximate surface area is 149 Å². The molecule has 0 unspecified atom stereocenters. The summed E-state index contributed by atoms with van der Waals surface area (Å²) in [4.78, 5) is 17.9. The Balaban J connectivity index is 0.00000242. The molecule has 1 atom stereocenters. The third-order valence-corrected chi connectivity index (χ3v) is 3.48. The summed E-state index contributed by atoms with van der Waals surface area (Å²) < 4.78 is 0. The van der Waals surface area contributed by atoms with Crippen molar-refractivity contribution in [3.8, 4) is 0 Å². The SMILES string of the molecule is CN(CCc1ccncc1)C(=O)[C@@H](N)Cc1ccccc1.Cl.Cl. The maximum absolute atomic E-state index is 12.3. The van der Waals surface area contributed by atoms with Crippen LogP contribution in [0.15, 0.2) is 54.9 Å². The number of hydrogen-bond acceptors (Lipinski definition) is 3. The molecule has 4 nitrogen and oxygen atoms in total. The van der Waals surface area contributed by atoms with Gasteiger partial charge in [0, 0.05) is 26.0 Å². The molecule has 23 heavy (non-hydrogen) atoms. The van der Waals surface area contributed by atoms with Gasteiger partial charge in [0.2, 0.25) is 5.91 Å². The highest BCUT2D eigenvalue weighted by molar-refractivity contribution is 5.85. The van der Waals surface area contributed by atoms with Crippen LogP contribution in [-0.4, -0.2) is 35.4 Å². The van der Waals surface area contributed by atoms with E-state index in [4.69, 9.17) is 5.73 Å². The Morgan fingerprint density at radius 3 is 2.30 bits per heavy atom. The first-order chi connectivity index (χ1) is 10.2. The van der Waals surface area contributed by atoms with Crippen LogP contribution in [0, 0.1) is 0 Å². The van der Waals surface area contributed by atoms with Crippen molar-refractivity contribution in [2.24, 2.45) is 5.73 Å². The number of likely N-dealkylation sites (N-methyl/N-ethyl adjacent to an activating group) is 1. The third kappa shape index (κ3) is 6.99. The van der Waals surface area contributed by atoms with E-state index in [0.29, 0.717) is 13.0 Å². The molecule has 2 aromatic rings. The van der Waals surface area contributed by atoms with E-state index in [1.54, 1.807) is 24.3 Å². The minimum absolute atomic E-state index is 0. The molecule has 1 aromatic carbocycles. The van der Waals surface area contributed by atoms with Gasteiger partial charge < -0.3 is 10.6 Å². The molecule has 0 fully saturated rings. The number of hydrogen-bond donors (Lipinski definition) is 1. The molecule has 0 radical (unpaired) electrons. The number of halogens is 2. The monoisotopic (exact) mass is 355 g/mol. The van der Waals surface area contributed by atoms with Crippen molar-refractivity contribution in [1.82, 2.24) is 9.88 Å². The normalized spacial score (nSPS) is 10.9. The molecule has 2 rings (SSSR count). The second-order valence-corrected chi connectivity index (χ2v) is 5.16. The highest BCUT2D eigenvalue weighted by atomic mass is 35.5. The van der Waals surface area contributed by atoms with Gasteiger partial charge in [-0.25, -0.2) is 0 Å². The van der Waals surface area contributed by atoms with Crippen molar-refractivity contribution < 1.29 is 4.79 Å². The van der Waals surface area contributed by atoms with Crippen molar-refractivity contribution in [3.05, 3.63) is 66.0 Å². The minimum atomic E-state index is -0.491. The summed E-state index contributed by atoms with van der Waals surface area (Å²) in [6.07, 6.45) is 4.90. The van der Waals surface area contributed by atoms with Crippen LogP contribution in [0.5, 0.6) is 0 Å². The average Bonchev–Trinajstić information content (AvgIpc) is 2.53. The predicted octanol–water partition coefficient (Wildman–Crippen LogP) is 2.50. The summed E-state index contributed by atoms with van der Waals surface area (Å²) in [6, 6.07) is 13.3. The van der Waals surface area contributed by atoms with E-state index in [1.165, 1.54) is 5.56 Å². The zero-order valence-electron chi connectivity index (χ0n) is 13.1. The number of rotatable bonds is 6. The lowest BCUT2D eigenvalue weighted by Gasteiger charge is -2.21. The second-order valence-electron chi connectivity index (χ2n) is 5.16. The van der Waals surface area contributed by atoms with Crippen LogP contribution in [-0.2, 0) is 17.6 Å². The number of carbonyl (C=O) groups is 1. The summed E-state index contributed by atoms with van der Waals surface area (Å²) >= 11 is 0. The summed E-state index contributed by atoms with van der Waals surface area (Å²) in [7, 11) is 1.80. The quantitative estimate of drug-likeness (QED) is 0.865. The number of nitrogens with zero attached hydrogens (tertiary/aromatic N) is 2. The number of pyridine rings is 1. The smallest absolute Gasteiger partial charge is 0.239 e. The highest BCUT2D eigenvalue weighted by Crippen LogP contribution is 2.05. The van der Waals surface area contributed by atoms with Gasteiger partial charge in [-0.15, -0.1) is 24.8 Å². The Morgan fingerprint density at radius 2 is 1.70 bits per heavy atom. The number of benzene rings is 1. The van der Waals surface area contributed by atoms with Crippen LogP contribution in [0.25, 0.3) is 0 Å². The Bertz CT molecular complexity index is 567. The molecule has 1 aromatic heterocycles. The number of aromatic nitrogens is 1. The van der Waals surface area contributed by atoms with Crippen LogP contribution < -0.4 is 5.73 Å². The molecule has 0 aliphatic rings. The lowest BCUT2D eigenvalue weighted by molar-refractivity contribution is -0.131. The van der Waals surface area contributed by atoms with Crippen LogP contribution in [0.2, 0.25) is 0 Å². The molecule has 126 valence electrons. The van der Waals surface area contributed by atoms with E-state index < -0.39 is 6.04 Å². The largest absolute Gasteiger partial charge is 0.344 e. The molecule has 1 amide bonds. The highest BCUT2D eigenvalue weighted by Gasteiger charge is 2.18. The van der Waals surface area contributed by atoms with Gasteiger partial charge >= 0.3 is 0 Å². The summed E-state index contributed by atoms with van der Waals surface area (Å²) in [5.41, 5.74) is 8.27. The summed E-state index contributed by atoms with van der Waals surface area (Å²) in [5.74, 6) is -0.0205.